The average molecular weight is 238 g/mol. The molecule has 0 atom stereocenters. The molecule has 0 N–H and O–H groups in total. The second-order valence-electron chi connectivity index (χ2n) is 3.75. The molecule has 17 heavy (non-hydrogen) atoms. The molecule has 0 amide bonds. The molecule has 0 unspecified atom stereocenters. The van der Waals surface area contributed by atoms with E-state index in [2.05, 4.69) is 0 Å². The third-order valence-corrected chi connectivity index (χ3v) is 2.47. The van der Waals surface area contributed by atoms with E-state index >= 15 is 0 Å². The van der Waals surface area contributed by atoms with Gasteiger partial charge in [-0.25, -0.2) is 0 Å². The summed E-state index contributed by atoms with van der Waals surface area (Å²) in [5.41, 5.74) is 1.78. The smallest absolute Gasteiger partial charge is 0.164 e. The van der Waals surface area contributed by atoms with E-state index < -0.39 is 0 Å². The summed E-state index contributed by atoms with van der Waals surface area (Å²) in [6, 6.07) is 3.71. The average Bonchev–Trinajstić information content (AvgIpc) is 2.30. The second-order valence-corrected chi connectivity index (χ2v) is 3.75. The van der Waals surface area contributed by atoms with Crippen molar-refractivity contribution < 1.29 is 19.0 Å². The minimum atomic E-state index is 0.0777. The third kappa shape index (κ3) is 3.20. The van der Waals surface area contributed by atoms with Crippen LogP contribution in [0, 0.1) is 0 Å². The van der Waals surface area contributed by atoms with Gasteiger partial charge in [0.2, 0.25) is 0 Å². The van der Waals surface area contributed by atoms with Crippen molar-refractivity contribution in [2.24, 2.45) is 0 Å². The van der Waals surface area contributed by atoms with Crippen molar-refractivity contribution in [2.45, 2.75) is 20.0 Å². The highest BCUT2D eigenvalue weighted by atomic mass is 16.5. The fraction of sp³-hybridized carbons (Fsp3) is 0.462. The standard InChI is InChI=1S/C13H18O4/c1-9(14)7-11-10(8-15-2)5-6-12(16-3)13(11)17-4/h5-6H,7-8H2,1-4H3. The fourth-order valence-corrected chi connectivity index (χ4v) is 1.77. The SMILES string of the molecule is COCc1ccc(OC)c(OC)c1CC(C)=O. The molecule has 0 aliphatic heterocycles. The van der Waals surface area contributed by atoms with Gasteiger partial charge in [-0.2, -0.15) is 0 Å². The molecule has 0 aliphatic carbocycles. The largest absolute Gasteiger partial charge is 0.493 e. The number of methoxy groups -OCH3 is 3. The Balaban J connectivity index is 3.27. The molecule has 94 valence electrons. The predicted octanol–water partition coefficient (Wildman–Crippen LogP) is 1.98. The van der Waals surface area contributed by atoms with E-state index in [1.807, 2.05) is 12.1 Å². The lowest BCUT2D eigenvalue weighted by Crippen LogP contribution is -2.06. The number of rotatable bonds is 6. The Labute approximate surface area is 101 Å². The van der Waals surface area contributed by atoms with Gasteiger partial charge in [0.25, 0.3) is 0 Å². The maximum Gasteiger partial charge on any atom is 0.164 e. The highest BCUT2D eigenvalue weighted by molar-refractivity contribution is 5.80. The Kier molecular flexibility index (Phi) is 4.97. The molecule has 1 aromatic rings. The lowest BCUT2D eigenvalue weighted by atomic mass is 10.0. The van der Waals surface area contributed by atoms with Crippen molar-refractivity contribution >= 4 is 5.78 Å². The molecule has 0 saturated carbocycles. The van der Waals surface area contributed by atoms with Crippen LogP contribution < -0.4 is 9.47 Å². The van der Waals surface area contributed by atoms with E-state index in [-0.39, 0.29) is 5.78 Å². The summed E-state index contributed by atoms with van der Waals surface area (Å²) in [5, 5.41) is 0. The van der Waals surface area contributed by atoms with Gasteiger partial charge in [0.1, 0.15) is 5.78 Å². The number of Topliss-reactive ketones (excluding diaryl/α,β-unsaturated/α-hetero) is 1. The van der Waals surface area contributed by atoms with Crippen LogP contribution in [0.4, 0.5) is 0 Å². The molecule has 1 aromatic carbocycles. The number of hydrogen-bond acceptors (Lipinski definition) is 4. The summed E-state index contributed by atoms with van der Waals surface area (Å²) in [4.78, 5) is 11.3. The number of carbonyl (C=O) groups excluding carboxylic acids is 1. The summed E-state index contributed by atoms with van der Waals surface area (Å²) >= 11 is 0. The van der Waals surface area contributed by atoms with E-state index in [1.165, 1.54) is 0 Å². The van der Waals surface area contributed by atoms with Crippen LogP contribution in [0.5, 0.6) is 11.5 Å². The number of ether oxygens (including phenoxy) is 3. The van der Waals surface area contributed by atoms with Crippen LogP contribution in [-0.4, -0.2) is 27.1 Å². The minimum Gasteiger partial charge on any atom is -0.493 e. The molecule has 4 heteroatoms. The summed E-state index contributed by atoms with van der Waals surface area (Å²) in [5.74, 6) is 1.31. The van der Waals surface area contributed by atoms with E-state index in [0.29, 0.717) is 24.5 Å². The summed E-state index contributed by atoms with van der Waals surface area (Å²) in [6.07, 6.45) is 0.319. The van der Waals surface area contributed by atoms with E-state index in [9.17, 15) is 4.79 Å². The van der Waals surface area contributed by atoms with Crippen molar-refractivity contribution in [3.8, 4) is 11.5 Å². The van der Waals surface area contributed by atoms with E-state index in [4.69, 9.17) is 14.2 Å². The van der Waals surface area contributed by atoms with Gasteiger partial charge in [-0.3, -0.25) is 4.79 Å². The molecule has 0 aromatic heterocycles. The van der Waals surface area contributed by atoms with E-state index in [0.717, 1.165) is 11.1 Å². The van der Waals surface area contributed by atoms with Crippen LogP contribution in [0.15, 0.2) is 12.1 Å². The van der Waals surface area contributed by atoms with Gasteiger partial charge in [0.15, 0.2) is 11.5 Å². The normalized spacial score (nSPS) is 10.1. The van der Waals surface area contributed by atoms with Gasteiger partial charge in [-0.15, -0.1) is 0 Å². The zero-order chi connectivity index (χ0) is 12.8. The molecule has 1 rings (SSSR count). The van der Waals surface area contributed by atoms with Crippen molar-refractivity contribution in [3.05, 3.63) is 23.3 Å². The number of benzene rings is 1. The molecular formula is C13H18O4. The second kappa shape index (κ2) is 6.25. The van der Waals surface area contributed by atoms with Crippen LogP contribution in [-0.2, 0) is 22.6 Å². The highest BCUT2D eigenvalue weighted by Crippen LogP contribution is 2.34. The first-order chi connectivity index (χ1) is 8.13. The first kappa shape index (κ1) is 13.5. The molecule has 0 saturated heterocycles. The summed E-state index contributed by atoms with van der Waals surface area (Å²) in [6.45, 7) is 2.00. The number of carbonyl (C=O) groups is 1. The zero-order valence-electron chi connectivity index (χ0n) is 10.7. The fourth-order valence-electron chi connectivity index (χ4n) is 1.77. The molecule has 0 spiro atoms. The third-order valence-electron chi connectivity index (χ3n) is 2.47. The van der Waals surface area contributed by atoms with E-state index in [1.54, 1.807) is 28.3 Å². The van der Waals surface area contributed by atoms with Crippen molar-refractivity contribution in [1.29, 1.82) is 0 Å². The number of ketones is 1. The summed E-state index contributed by atoms with van der Waals surface area (Å²) < 4.78 is 15.7. The summed E-state index contributed by atoms with van der Waals surface area (Å²) in [7, 11) is 4.76. The van der Waals surface area contributed by atoms with Gasteiger partial charge < -0.3 is 14.2 Å². The van der Waals surface area contributed by atoms with Gasteiger partial charge in [-0.1, -0.05) is 6.07 Å². The van der Waals surface area contributed by atoms with Gasteiger partial charge in [0, 0.05) is 19.1 Å². The molecule has 0 heterocycles. The molecule has 4 nitrogen and oxygen atoms in total. The van der Waals surface area contributed by atoms with Crippen LogP contribution >= 0.6 is 0 Å². The quantitative estimate of drug-likeness (QED) is 0.760. The maximum atomic E-state index is 11.3. The molecule has 0 aliphatic rings. The Hall–Kier alpha value is -1.55. The molecule has 0 fully saturated rings. The molecule has 0 radical (unpaired) electrons. The number of hydrogen-bond donors (Lipinski definition) is 0. The first-order valence-corrected chi connectivity index (χ1v) is 5.35. The Morgan fingerprint density at radius 1 is 1.18 bits per heavy atom. The predicted molar refractivity (Wildman–Crippen MR) is 64.6 cm³/mol. The zero-order valence-corrected chi connectivity index (χ0v) is 10.7. The van der Waals surface area contributed by atoms with Crippen LogP contribution in [0.1, 0.15) is 18.1 Å². The topological polar surface area (TPSA) is 44.8 Å². The Bertz CT molecular complexity index is 399. The monoisotopic (exact) mass is 238 g/mol. The van der Waals surface area contributed by atoms with Crippen LogP contribution in [0.2, 0.25) is 0 Å². The Morgan fingerprint density at radius 2 is 1.88 bits per heavy atom. The lowest BCUT2D eigenvalue weighted by molar-refractivity contribution is -0.116. The first-order valence-electron chi connectivity index (χ1n) is 5.35. The van der Waals surface area contributed by atoms with Gasteiger partial charge >= 0.3 is 0 Å². The van der Waals surface area contributed by atoms with Crippen molar-refractivity contribution in [2.75, 3.05) is 21.3 Å². The van der Waals surface area contributed by atoms with Gasteiger partial charge in [-0.05, 0) is 18.6 Å². The minimum absolute atomic E-state index is 0.0777. The highest BCUT2D eigenvalue weighted by Gasteiger charge is 2.16. The van der Waals surface area contributed by atoms with Crippen molar-refractivity contribution in [3.63, 3.8) is 0 Å². The van der Waals surface area contributed by atoms with Crippen LogP contribution in [0.25, 0.3) is 0 Å². The Morgan fingerprint density at radius 3 is 2.35 bits per heavy atom. The molecule has 0 bridgehead atoms. The lowest BCUT2D eigenvalue weighted by Gasteiger charge is -2.15. The van der Waals surface area contributed by atoms with Crippen LogP contribution in [0.3, 0.4) is 0 Å². The van der Waals surface area contributed by atoms with Gasteiger partial charge in [0.05, 0.1) is 20.8 Å². The molecular weight excluding hydrogens is 220 g/mol. The maximum absolute atomic E-state index is 11.3. The van der Waals surface area contributed by atoms with Crippen molar-refractivity contribution in [1.82, 2.24) is 0 Å².